The molecule has 0 amide bonds. The van der Waals surface area contributed by atoms with Crippen LogP contribution in [0.5, 0.6) is 0 Å². The average Bonchev–Trinajstić information content (AvgIpc) is 2.42. The highest BCUT2D eigenvalue weighted by atomic mass is 16.4. The molecule has 0 radical (unpaired) electrons. The third-order valence-electron chi connectivity index (χ3n) is 2.23. The van der Waals surface area contributed by atoms with Crippen molar-refractivity contribution < 1.29 is 51.7 Å². The van der Waals surface area contributed by atoms with E-state index in [0.29, 0.717) is 0 Å². The summed E-state index contributed by atoms with van der Waals surface area (Å²) < 4.78 is 0. The van der Waals surface area contributed by atoms with Crippen LogP contribution in [-0.4, -0.2) is 69.9 Å². The van der Waals surface area contributed by atoms with Crippen molar-refractivity contribution in [1.82, 2.24) is 0 Å². The average molecular weight is 298 g/mol. The zero-order valence-electron chi connectivity index (χ0n) is 11.0. The van der Waals surface area contributed by atoms with E-state index in [9.17, 15) is 19.8 Å². The Labute approximate surface area is 115 Å². The molecule has 0 aliphatic heterocycles. The molecule has 0 heterocycles. The molecular formula is C10H22N2O8. The van der Waals surface area contributed by atoms with Crippen LogP contribution in [0, 0.1) is 0 Å². The highest BCUT2D eigenvalue weighted by Crippen LogP contribution is 2.04. The smallest absolute Gasteiger partial charge is 0.122 e. The van der Waals surface area contributed by atoms with Crippen molar-refractivity contribution in [1.29, 1.82) is 0 Å². The Morgan fingerprint density at radius 2 is 1.05 bits per heavy atom. The van der Waals surface area contributed by atoms with Crippen LogP contribution in [0.1, 0.15) is 12.8 Å². The maximum atomic E-state index is 9.96. The summed E-state index contributed by atoms with van der Waals surface area (Å²) in [5, 5.41) is 54.7. The third-order valence-corrected chi connectivity index (χ3v) is 2.23. The minimum Gasteiger partial charge on any atom is -0.547 e. The fraction of sp³-hybridized carbons (Fsp3) is 0.800. The van der Waals surface area contributed by atoms with Crippen molar-refractivity contribution in [3.05, 3.63) is 0 Å². The van der Waals surface area contributed by atoms with E-state index in [1.165, 1.54) is 12.8 Å². The lowest BCUT2D eigenvalue weighted by molar-refractivity contribution is -0.384. The van der Waals surface area contributed by atoms with E-state index in [1.807, 2.05) is 0 Å². The number of quaternary nitrogens is 2. The summed E-state index contributed by atoms with van der Waals surface area (Å²) in [5.74, 6) is -4.22. The number of rotatable bonds is 8. The van der Waals surface area contributed by atoms with Crippen LogP contribution >= 0.6 is 0 Å². The number of carbonyl (C=O) groups is 2. The van der Waals surface area contributed by atoms with Gasteiger partial charge < -0.3 is 51.7 Å². The van der Waals surface area contributed by atoms with Gasteiger partial charge in [0, 0.05) is 12.8 Å². The second-order valence-electron chi connectivity index (χ2n) is 3.92. The number of aliphatic hydroxyl groups is 4. The van der Waals surface area contributed by atoms with Crippen LogP contribution in [0.25, 0.3) is 0 Å². The molecule has 4 atom stereocenters. The molecule has 0 aromatic carbocycles. The molecule has 0 aliphatic carbocycles. The Hall–Kier alpha value is -1.30. The van der Waals surface area contributed by atoms with Gasteiger partial charge in [-0.15, -0.1) is 0 Å². The summed E-state index contributed by atoms with van der Waals surface area (Å²) in [6.45, 7) is 2.13. The number of carboxylic acids is 2. The van der Waals surface area contributed by atoms with Gasteiger partial charge in [-0.2, -0.15) is 0 Å². The van der Waals surface area contributed by atoms with E-state index in [1.54, 1.807) is 0 Å². The van der Waals surface area contributed by atoms with Crippen molar-refractivity contribution in [3.8, 4) is 0 Å². The van der Waals surface area contributed by atoms with Gasteiger partial charge in [0.15, 0.2) is 0 Å². The Morgan fingerprint density at radius 1 is 0.800 bits per heavy atom. The van der Waals surface area contributed by atoms with E-state index in [0.717, 1.165) is 13.1 Å². The van der Waals surface area contributed by atoms with Crippen molar-refractivity contribution in [2.45, 2.75) is 37.3 Å². The quantitative estimate of drug-likeness (QED) is 0.236. The topological polar surface area (TPSA) is 216 Å². The molecule has 0 aromatic heterocycles. The third kappa shape index (κ3) is 8.74. The first-order valence-electron chi connectivity index (χ1n) is 5.93. The van der Waals surface area contributed by atoms with E-state index < -0.39 is 36.4 Å². The number of carbonyl (C=O) groups excluding carboxylic acids is 2. The van der Waals surface area contributed by atoms with Gasteiger partial charge in [0.05, 0.1) is 25.0 Å². The number of carboxylic acid groups (broad SMARTS) is 2. The molecule has 0 spiro atoms. The minimum absolute atomic E-state index is 1.06. The summed E-state index contributed by atoms with van der Waals surface area (Å²) in [6, 6.07) is 0. The van der Waals surface area contributed by atoms with E-state index in [4.69, 9.17) is 20.4 Å². The van der Waals surface area contributed by atoms with Crippen molar-refractivity contribution in [2.75, 3.05) is 13.1 Å². The molecule has 0 fully saturated rings. The highest BCUT2D eigenvalue weighted by molar-refractivity contribution is 5.72. The molecular weight excluding hydrogens is 276 g/mol. The van der Waals surface area contributed by atoms with Crippen LogP contribution in [0.3, 0.4) is 0 Å². The van der Waals surface area contributed by atoms with Crippen LogP contribution in [0.2, 0.25) is 0 Å². The van der Waals surface area contributed by atoms with Crippen LogP contribution in [0.4, 0.5) is 0 Å². The first kappa shape index (κ1) is 21.0. The Balaban J connectivity index is 0. The van der Waals surface area contributed by atoms with Gasteiger partial charge in [0.25, 0.3) is 0 Å². The lowest BCUT2D eigenvalue weighted by Gasteiger charge is -2.27. The fourth-order valence-electron chi connectivity index (χ4n) is 1.01. The van der Waals surface area contributed by atoms with Gasteiger partial charge in [-0.25, -0.2) is 0 Å². The van der Waals surface area contributed by atoms with Gasteiger partial charge in [0.1, 0.15) is 24.4 Å². The standard InChI is InChI=1S/C6H10O8.C4H12N2/c7-1(3(9)5(11)12)2(8)4(10)6(13)14;5-3-1-2-4-6/h1-4,7-10H,(H,11,12)(H,13,14);1-6H2/t1-,2-,3-,4+;/m0./s1. The number of hydrogen-bond acceptors (Lipinski definition) is 8. The van der Waals surface area contributed by atoms with Crippen LogP contribution in [-0.2, 0) is 9.59 Å². The Morgan fingerprint density at radius 3 is 1.20 bits per heavy atom. The molecule has 0 aromatic rings. The maximum absolute atomic E-state index is 9.96. The molecule has 0 rings (SSSR count). The second kappa shape index (κ2) is 11.5. The molecule has 10 N–H and O–H groups in total. The maximum Gasteiger partial charge on any atom is 0.122 e. The molecule has 10 heteroatoms. The van der Waals surface area contributed by atoms with Crippen LogP contribution < -0.4 is 21.7 Å². The number of hydrogen-bond donors (Lipinski definition) is 6. The van der Waals surface area contributed by atoms with Gasteiger partial charge >= 0.3 is 0 Å². The van der Waals surface area contributed by atoms with E-state index in [2.05, 4.69) is 11.5 Å². The zero-order valence-corrected chi connectivity index (χ0v) is 11.0. The predicted octanol–water partition coefficient (Wildman–Crippen LogP) is -7.82. The number of aliphatic hydroxyl groups excluding tert-OH is 4. The fourth-order valence-corrected chi connectivity index (χ4v) is 1.01. The zero-order chi connectivity index (χ0) is 16.3. The molecule has 0 aliphatic rings. The monoisotopic (exact) mass is 298 g/mol. The molecule has 0 saturated carbocycles. The molecule has 0 unspecified atom stereocenters. The van der Waals surface area contributed by atoms with Crippen molar-refractivity contribution in [2.24, 2.45) is 0 Å². The first-order valence-corrected chi connectivity index (χ1v) is 5.93. The SMILES string of the molecule is O=C([O-])[C@@H](O)[C@@H](O)[C@H](O)[C@@H](O)C(=O)[O-].[NH3+]CCCC[NH3+]. The molecule has 20 heavy (non-hydrogen) atoms. The first-order chi connectivity index (χ1) is 9.20. The van der Waals surface area contributed by atoms with Gasteiger partial charge in [-0.05, 0) is 0 Å². The summed E-state index contributed by atoms with van der Waals surface area (Å²) in [7, 11) is 0. The molecule has 0 saturated heterocycles. The summed E-state index contributed by atoms with van der Waals surface area (Å²) in [6.07, 6.45) is -7.29. The van der Waals surface area contributed by atoms with Crippen LogP contribution in [0.15, 0.2) is 0 Å². The van der Waals surface area contributed by atoms with Gasteiger partial charge in [0.2, 0.25) is 0 Å². The molecule has 0 bridgehead atoms. The van der Waals surface area contributed by atoms with E-state index >= 15 is 0 Å². The van der Waals surface area contributed by atoms with Gasteiger partial charge in [-0.3, -0.25) is 0 Å². The lowest BCUT2D eigenvalue weighted by atomic mass is 10.0. The minimum atomic E-state index is -2.50. The Kier molecular flexibility index (Phi) is 12.1. The number of aliphatic carboxylic acids is 2. The Bertz CT molecular complexity index is 260. The summed E-state index contributed by atoms with van der Waals surface area (Å²) >= 11 is 0. The summed E-state index contributed by atoms with van der Waals surface area (Å²) in [4.78, 5) is 19.9. The van der Waals surface area contributed by atoms with Crippen molar-refractivity contribution in [3.63, 3.8) is 0 Å². The second-order valence-corrected chi connectivity index (χ2v) is 3.92. The predicted molar refractivity (Wildman–Crippen MR) is 58.8 cm³/mol. The molecule has 120 valence electrons. The largest absolute Gasteiger partial charge is 0.547 e. The van der Waals surface area contributed by atoms with E-state index in [-0.39, 0.29) is 0 Å². The molecule has 10 nitrogen and oxygen atoms in total. The highest BCUT2D eigenvalue weighted by Gasteiger charge is 2.31. The lowest BCUT2D eigenvalue weighted by Crippen LogP contribution is -2.55. The number of unbranched alkanes of at least 4 members (excludes halogenated alkanes) is 1. The normalized spacial score (nSPS) is 16.3. The van der Waals surface area contributed by atoms with Crippen molar-refractivity contribution >= 4 is 11.9 Å². The summed E-state index contributed by atoms with van der Waals surface area (Å²) in [5.41, 5.74) is 7.39. The van der Waals surface area contributed by atoms with Gasteiger partial charge in [-0.1, -0.05) is 0 Å².